The van der Waals surface area contributed by atoms with Gasteiger partial charge in [0.05, 0.1) is 6.61 Å². The van der Waals surface area contributed by atoms with Crippen LogP contribution in [0.3, 0.4) is 0 Å². The molecule has 4 aromatic rings. The Morgan fingerprint density at radius 3 is 2.16 bits per heavy atom. The lowest BCUT2D eigenvalue weighted by atomic mass is 9.86. The van der Waals surface area contributed by atoms with E-state index >= 15 is 0 Å². The van der Waals surface area contributed by atoms with E-state index in [9.17, 15) is 14.7 Å². The summed E-state index contributed by atoms with van der Waals surface area (Å²) in [6, 6.07) is 21.6. The highest BCUT2D eigenvalue weighted by Gasteiger charge is 2.22. The molecule has 0 fully saturated rings. The van der Waals surface area contributed by atoms with E-state index in [1.165, 1.54) is 25.7 Å². The van der Waals surface area contributed by atoms with Gasteiger partial charge in [0.1, 0.15) is 11.8 Å². The zero-order valence-electron chi connectivity index (χ0n) is 26.2. The van der Waals surface area contributed by atoms with Crippen LogP contribution in [0.4, 0.5) is 0 Å². The number of aromatic nitrogens is 2. The van der Waals surface area contributed by atoms with Crippen LogP contribution in [-0.4, -0.2) is 39.6 Å². The lowest BCUT2D eigenvalue weighted by molar-refractivity contribution is -0.139. The second kappa shape index (κ2) is 15.3. The van der Waals surface area contributed by atoms with Crippen molar-refractivity contribution in [3.63, 3.8) is 0 Å². The summed E-state index contributed by atoms with van der Waals surface area (Å²) in [5.74, 6) is -0.0925. The van der Waals surface area contributed by atoms with Gasteiger partial charge >= 0.3 is 5.97 Å². The second-order valence-corrected chi connectivity index (χ2v) is 12.2. The van der Waals surface area contributed by atoms with Gasteiger partial charge in [0.2, 0.25) is 0 Å². The molecule has 0 saturated carbocycles. The molecule has 7 heteroatoms. The average Bonchev–Trinajstić information content (AvgIpc) is 3.02. The van der Waals surface area contributed by atoms with Crippen LogP contribution in [0, 0.1) is 0 Å². The molecule has 0 aliphatic carbocycles. The monoisotopic (exact) mass is 593 g/mol. The Morgan fingerprint density at radius 1 is 0.841 bits per heavy atom. The molecule has 1 heterocycles. The Morgan fingerprint density at radius 2 is 1.52 bits per heavy atom. The van der Waals surface area contributed by atoms with Gasteiger partial charge in [-0.25, -0.2) is 14.8 Å². The lowest BCUT2D eigenvalue weighted by Crippen LogP contribution is -2.42. The molecule has 7 nitrogen and oxygen atoms in total. The number of carboxylic acids is 1. The minimum Gasteiger partial charge on any atom is -0.494 e. The summed E-state index contributed by atoms with van der Waals surface area (Å²) in [5.41, 5.74) is 4.97. The number of nitrogens with one attached hydrogen (secondary N) is 1. The Bertz CT molecular complexity index is 1510. The van der Waals surface area contributed by atoms with Gasteiger partial charge in [-0.2, -0.15) is 0 Å². The van der Waals surface area contributed by atoms with Gasteiger partial charge in [-0.3, -0.25) is 4.79 Å². The summed E-state index contributed by atoms with van der Waals surface area (Å²) >= 11 is 0. The molecule has 0 aliphatic rings. The normalized spacial score (nSPS) is 12.0. The predicted octanol–water partition coefficient (Wildman–Crippen LogP) is 7.88. The Hall–Kier alpha value is -4.52. The van der Waals surface area contributed by atoms with Crippen molar-refractivity contribution in [2.24, 2.45) is 0 Å². The number of hydrogen-bond acceptors (Lipinski definition) is 5. The average molecular weight is 594 g/mol. The zero-order valence-corrected chi connectivity index (χ0v) is 26.2. The minimum absolute atomic E-state index is 0.0358. The van der Waals surface area contributed by atoms with E-state index in [4.69, 9.17) is 4.74 Å². The number of nitrogens with zero attached hydrogens (tertiary/aromatic N) is 2. The molecule has 0 radical (unpaired) electrons. The largest absolute Gasteiger partial charge is 0.494 e. The van der Waals surface area contributed by atoms with Crippen LogP contribution in [0.15, 0.2) is 85.2 Å². The number of ether oxygens (including phenoxy) is 1. The molecule has 1 atom stereocenters. The van der Waals surface area contributed by atoms with Gasteiger partial charge in [-0.15, -0.1) is 0 Å². The molecular weight excluding hydrogens is 550 g/mol. The van der Waals surface area contributed by atoms with E-state index in [1.807, 2.05) is 60.7 Å². The Balaban J connectivity index is 1.35. The maximum atomic E-state index is 12.8. The highest BCUT2D eigenvalue weighted by atomic mass is 16.5. The van der Waals surface area contributed by atoms with Crippen LogP contribution in [0.2, 0.25) is 0 Å². The zero-order chi connectivity index (χ0) is 31.5. The van der Waals surface area contributed by atoms with Crippen LogP contribution in [0.5, 0.6) is 5.75 Å². The number of unbranched alkanes of at least 4 members (excludes halogenated alkanes) is 4. The first-order valence-corrected chi connectivity index (χ1v) is 15.4. The van der Waals surface area contributed by atoms with Gasteiger partial charge in [0.15, 0.2) is 5.82 Å². The first-order valence-electron chi connectivity index (χ1n) is 15.4. The minimum atomic E-state index is -1.09. The van der Waals surface area contributed by atoms with E-state index in [2.05, 4.69) is 43.0 Å². The molecule has 0 aliphatic heterocycles. The number of carboxylic acid groups (broad SMARTS) is 1. The molecule has 4 rings (SSSR count). The maximum absolute atomic E-state index is 12.8. The Labute approximate surface area is 260 Å². The molecule has 2 N–H and O–H groups in total. The third kappa shape index (κ3) is 9.24. The van der Waals surface area contributed by atoms with Crippen molar-refractivity contribution >= 4 is 11.9 Å². The highest BCUT2D eigenvalue weighted by molar-refractivity contribution is 5.96. The fourth-order valence-corrected chi connectivity index (χ4v) is 4.88. The van der Waals surface area contributed by atoms with Gasteiger partial charge in [-0.05, 0) is 52.8 Å². The van der Waals surface area contributed by atoms with Crippen molar-refractivity contribution in [2.45, 2.75) is 77.7 Å². The quantitative estimate of drug-likeness (QED) is 0.144. The van der Waals surface area contributed by atoms with E-state index < -0.39 is 17.9 Å². The third-order valence-electron chi connectivity index (χ3n) is 7.60. The first kappa shape index (κ1) is 32.4. The summed E-state index contributed by atoms with van der Waals surface area (Å²) in [5, 5.41) is 12.5. The lowest BCUT2D eigenvalue weighted by Gasteiger charge is -2.19. The summed E-state index contributed by atoms with van der Waals surface area (Å²) in [6.07, 6.45) is 9.74. The molecule has 1 amide bonds. The molecule has 1 aromatic heterocycles. The SMILES string of the molecule is CCCCCCCOc1cccc(-c2cnc(-c3ccc(C[C@H](NC(=O)c4ccc(C(C)(C)C)cc4)C(=O)O)cc3)nc2)c1. The molecule has 0 saturated heterocycles. The van der Waals surface area contributed by atoms with Crippen molar-refractivity contribution in [3.8, 4) is 28.3 Å². The van der Waals surface area contributed by atoms with E-state index in [-0.39, 0.29) is 11.8 Å². The fraction of sp³-hybridized carbons (Fsp3) is 0.351. The topological polar surface area (TPSA) is 101 Å². The number of rotatable bonds is 14. The number of carbonyl (C=O) groups excluding carboxylic acids is 1. The number of amides is 1. The fourth-order valence-electron chi connectivity index (χ4n) is 4.88. The highest BCUT2D eigenvalue weighted by Crippen LogP contribution is 2.25. The van der Waals surface area contributed by atoms with Crippen molar-refractivity contribution in [3.05, 3.63) is 102 Å². The molecule has 230 valence electrons. The molecule has 0 bridgehead atoms. The summed E-state index contributed by atoms with van der Waals surface area (Å²) in [4.78, 5) is 33.9. The molecule has 0 spiro atoms. The molecule has 44 heavy (non-hydrogen) atoms. The van der Waals surface area contributed by atoms with Crippen LogP contribution >= 0.6 is 0 Å². The van der Waals surface area contributed by atoms with Crippen LogP contribution in [-0.2, 0) is 16.6 Å². The van der Waals surface area contributed by atoms with Gasteiger partial charge in [-0.1, -0.05) is 102 Å². The number of hydrogen-bond donors (Lipinski definition) is 2. The predicted molar refractivity (Wildman–Crippen MR) is 175 cm³/mol. The van der Waals surface area contributed by atoms with E-state index in [1.54, 1.807) is 24.5 Å². The Kier molecular flexibility index (Phi) is 11.2. The van der Waals surface area contributed by atoms with Gasteiger partial charge in [0, 0.05) is 35.5 Å². The first-order chi connectivity index (χ1) is 21.1. The summed E-state index contributed by atoms with van der Waals surface area (Å²) in [7, 11) is 0. The smallest absolute Gasteiger partial charge is 0.326 e. The van der Waals surface area contributed by atoms with Gasteiger partial charge < -0.3 is 15.2 Å². The van der Waals surface area contributed by atoms with Crippen molar-refractivity contribution in [2.75, 3.05) is 6.61 Å². The van der Waals surface area contributed by atoms with Crippen molar-refractivity contribution in [1.82, 2.24) is 15.3 Å². The van der Waals surface area contributed by atoms with Crippen molar-refractivity contribution < 1.29 is 19.4 Å². The van der Waals surface area contributed by atoms with Gasteiger partial charge in [0.25, 0.3) is 5.91 Å². The third-order valence-corrected chi connectivity index (χ3v) is 7.60. The number of aliphatic carboxylic acids is 1. The molecular formula is C37H43N3O4. The standard InChI is InChI=1S/C37H43N3O4/c1-5-6-7-8-9-21-44-32-12-10-11-29(23-32)30-24-38-34(39-25-30)27-15-13-26(14-16-27)22-33(36(42)43)40-35(41)28-17-19-31(20-18-28)37(2,3)4/h10-20,23-25,33H,5-9,21-22H2,1-4H3,(H,40,41)(H,42,43)/t33-/m0/s1. The number of carbonyl (C=O) groups is 2. The molecule has 0 unspecified atom stereocenters. The summed E-state index contributed by atoms with van der Waals surface area (Å²) in [6.45, 7) is 9.22. The van der Waals surface area contributed by atoms with E-state index in [0.717, 1.165) is 40.0 Å². The van der Waals surface area contributed by atoms with Crippen LogP contribution in [0.1, 0.15) is 81.3 Å². The van der Waals surface area contributed by atoms with E-state index in [0.29, 0.717) is 18.0 Å². The van der Waals surface area contributed by atoms with Crippen LogP contribution in [0.25, 0.3) is 22.5 Å². The van der Waals surface area contributed by atoms with Crippen molar-refractivity contribution in [1.29, 1.82) is 0 Å². The summed E-state index contributed by atoms with van der Waals surface area (Å²) < 4.78 is 5.95. The number of benzene rings is 3. The second-order valence-electron chi connectivity index (χ2n) is 12.2. The van der Waals surface area contributed by atoms with Crippen LogP contribution < -0.4 is 10.1 Å². The maximum Gasteiger partial charge on any atom is 0.326 e. The molecule has 3 aromatic carbocycles.